The van der Waals surface area contributed by atoms with Crippen LogP contribution >= 0.6 is 0 Å². The van der Waals surface area contributed by atoms with E-state index in [1.807, 2.05) is 32.0 Å². The van der Waals surface area contributed by atoms with E-state index in [4.69, 9.17) is 10.5 Å². The normalized spacial score (nSPS) is 13.6. The number of benzene rings is 1. The highest BCUT2D eigenvalue weighted by molar-refractivity contribution is 5.37. The SMILES string of the molecule is Cc1cc([C@H](C)N)ccc1OCC(C)(C)O. The Kier molecular flexibility index (Phi) is 3.94. The van der Waals surface area contributed by atoms with Gasteiger partial charge < -0.3 is 15.6 Å². The number of hydrogen-bond donors (Lipinski definition) is 2. The molecule has 1 aromatic carbocycles. The molecule has 0 aliphatic carbocycles. The molecule has 3 heteroatoms. The zero-order valence-corrected chi connectivity index (χ0v) is 10.4. The second kappa shape index (κ2) is 4.85. The van der Waals surface area contributed by atoms with Crippen LogP contribution in [-0.4, -0.2) is 17.3 Å². The van der Waals surface area contributed by atoms with Gasteiger partial charge in [-0.2, -0.15) is 0 Å². The van der Waals surface area contributed by atoms with Gasteiger partial charge in [-0.05, 0) is 44.9 Å². The van der Waals surface area contributed by atoms with Crippen LogP contribution < -0.4 is 10.5 Å². The zero-order chi connectivity index (χ0) is 12.3. The van der Waals surface area contributed by atoms with E-state index in [0.29, 0.717) is 0 Å². The molecule has 0 unspecified atom stereocenters. The maximum Gasteiger partial charge on any atom is 0.122 e. The molecule has 0 amide bonds. The van der Waals surface area contributed by atoms with Crippen LogP contribution in [0.15, 0.2) is 18.2 Å². The molecule has 90 valence electrons. The molecule has 1 aromatic rings. The topological polar surface area (TPSA) is 55.5 Å². The number of aliphatic hydroxyl groups is 1. The van der Waals surface area contributed by atoms with Gasteiger partial charge in [0, 0.05) is 6.04 Å². The molecule has 1 atom stereocenters. The average molecular weight is 223 g/mol. The molecule has 0 bridgehead atoms. The summed E-state index contributed by atoms with van der Waals surface area (Å²) in [5.41, 5.74) is 7.11. The fourth-order valence-electron chi connectivity index (χ4n) is 1.37. The van der Waals surface area contributed by atoms with Gasteiger partial charge in [-0.15, -0.1) is 0 Å². The van der Waals surface area contributed by atoms with Gasteiger partial charge in [-0.25, -0.2) is 0 Å². The van der Waals surface area contributed by atoms with E-state index in [1.165, 1.54) is 0 Å². The highest BCUT2D eigenvalue weighted by atomic mass is 16.5. The summed E-state index contributed by atoms with van der Waals surface area (Å²) in [6.07, 6.45) is 0. The zero-order valence-electron chi connectivity index (χ0n) is 10.4. The van der Waals surface area contributed by atoms with Gasteiger partial charge >= 0.3 is 0 Å². The first-order valence-electron chi connectivity index (χ1n) is 5.51. The third-order valence-corrected chi connectivity index (χ3v) is 2.31. The number of nitrogens with two attached hydrogens (primary N) is 1. The van der Waals surface area contributed by atoms with Gasteiger partial charge in [0.15, 0.2) is 0 Å². The van der Waals surface area contributed by atoms with Crippen LogP contribution in [0.25, 0.3) is 0 Å². The Morgan fingerprint density at radius 1 is 1.44 bits per heavy atom. The van der Waals surface area contributed by atoms with E-state index in [-0.39, 0.29) is 12.6 Å². The van der Waals surface area contributed by atoms with E-state index < -0.39 is 5.60 Å². The van der Waals surface area contributed by atoms with Crippen LogP contribution in [0.4, 0.5) is 0 Å². The molecule has 0 aromatic heterocycles. The van der Waals surface area contributed by atoms with Gasteiger partial charge in [0.05, 0.1) is 5.60 Å². The Balaban J connectivity index is 2.76. The smallest absolute Gasteiger partial charge is 0.122 e. The van der Waals surface area contributed by atoms with Crippen molar-refractivity contribution in [2.24, 2.45) is 5.73 Å². The predicted molar refractivity (Wildman–Crippen MR) is 65.6 cm³/mol. The lowest BCUT2D eigenvalue weighted by Gasteiger charge is -2.19. The molecule has 0 aliphatic heterocycles. The fraction of sp³-hybridized carbons (Fsp3) is 0.538. The van der Waals surface area contributed by atoms with Crippen LogP contribution in [0, 0.1) is 6.92 Å². The van der Waals surface area contributed by atoms with Crippen molar-refractivity contribution < 1.29 is 9.84 Å². The van der Waals surface area contributed by atoms with Crippen LogP contribution in [0.1, 0.15) is 37.9 Å². The molecule has 3 nitrogen and oxygen atoms in total. The lowest BCUT2D eigenvalue weighted by Crippen LogP contribution is -2.28. The molecule has 0 spiro atoms. The second-order valence-corrected chi connectivity index (χ2v) is 4.91. The first kappa shape index (κ1) is 13.0. The number of ether oxygens (including phenoxy) is 1. The van der Waals surface area contributed by atoms with Gasteiger partial charge in [0.25, 0.3) is 0 Å². The van der Waals surface area contributed by atoms with Crippen molar-refractivity contribution >= 4 is 0 Å². The highest BCUT2D eigenvalue weighted by Gasteiger charge is 2.14. The molecule has 0 saturated heterocycles. The number of hydrogen-bond acceptors (Lipinski definition) is 3. The number of aryl methyl sites for hydroxylation is 1. The molecule has 0 fully saturated rings. The molecule has 0 heterocycles. The molecular formula is C13H21NO2. The van der Waals surface area contributed by atoms with Crippen molar-refractivity contribution in [3.63, 3.8) is 0 Å². The Morgan fingerprint density at radius 2 is 2.06 bits per heavy atom. The minimum Gasteiger partial charge on any atom is -0.490 e. The summed E-state index contributed by atoms with van der Waals surface area (Å²) in [4.78, 5) is 0. The number of rotatable bonds is 4. The Labute approximate surface area is 97.2 Å². The molecule has 16 heavy (non-hydrogen) atoms. The molecule has 0 aliphatic rings. The van der Waals surface area contributed by atoms with Crippen molar-refractivity contribution in [1.29, 1.82) is 0 Å². The minimum atomic E-state index is -0.813. The van der Waals surface area contributed by atoms with Crippen LogP contribution in [0.3, 0.4) is 0 Å². The van der Waals surface area contributed by atoms with E-state index in [9.17, 15) is 5.11 Å². The van der Waals surface area contributed by atoms with Gasteiger partial charge in [-0.1, -0.05) is 12.1 Å². The lowest BCUT2D eigenvalue weighted by molar-refractivity contribution is 0.0282. The van der Waals surface area contributed by atoms with Crippen molar-refractivity contribution in [2.75, 3.05) is 6.61 Å². The van der Waals surface area contributed by atoms with Crippen molar-refractivity contribution in [2.45, 2.75) is 39.3 Å². The Morgan fingerprint density at radius 3 is 2.50 bits per heavy atom. The maximum absolute atomic E-state index is 9.57. The average Bonchev–Trinajstić information content (AvgIpc) is 2.14. The van der Waals surface area contributed by atoms with E-state index in [0.717, 1.165) is 16.9 Å². The summed E-state index contributed by atoms with van der Waals surface area (Å²) in [6, 6.07) is 5.91. The summed E-state index contributed by atoms with van der Waals surface area (Å²) in [7, 11) is 0. The molecular weight excluding hydrogens is 202 g/mol. The van der Waals surface area contributed by atoms with Crippen molar-refractivity contribution in [3.05, 3.63) is 29.3 Å². The third kappa shape index (κ3) is 3.83. The van der Waals surface area contributed by atoms with Gasteiger partial charge in [0.1, 0.15) is 12.4 Å². The van der Waals surface area contributed by atoms with E-state index >= 15 is 0 Å². The first-order valence-corrected chi connectivity index (χ1v) is 5.51. The van der Waals surface area contributed by atoms with Crippen LogP contribution in [-0.2, 0) is 0 Å². The third-order valence-electron chi connectivity index (χ3n) is 2.31. The quantitative estimate of drug-likeness (QED) is 0.822. The Bertz CT molecular complexity index is 353. The standard InChI is InChI=1S/C13H21NO2/c1-9-7-11(10(2)14)5-6-12(9)16-8-13(3,4)15/h5-7,10,15H,8,14H2,1-4H3/t10-/m0/s1. The highest BCUT2D eigenvalue weighted by Crippen LogP contribution is 2.22. The Hall–Kier alpha value is -1.06. The summed E-state index contributed by atoms with van der Waals surface area (Å²) in [5.74, 6) is 0.798. The van der Waals surface area contributed by atoms with Crippen LogP contribution in [0.5, 0.6) is 5.75 Å². The fourth-order valence-corrected chi connectivity index (χ4v) is 1.37. The molecule has 0 saturated carbocycles. The largest absolute Gasteiger partial charge is 0.490 e. The second-order valence-electron chi connectivity index (χ2n) is 4.91. The summed E-state index contributed by atoms with van der Waals surface area (Å²) < 4.78 is 5.55. The molecule has 3 N–H and O–H groups in total. The molecule has 1 rings (SSSR count). The molecule has 0 radical (unpaired) electrons. The minimum absolute atomic E-state index is 0.0297. The summed E-state index contributed by atoms with van der Waals surface area (Å²) >= 11 is 0. The maximum atomic E-state index is 9.57. The summed E-state index contributed by atoms with van der Waals surface area (Å²) in [5, 5.41) is 9.57. The van der Waals surface area contributed by atoms with Crippen LogP contribution in [0.2, 0.25) is 0 Å². The lowest BCUT2D eigenvalue weighted by atomic mass is 10.1. The monoisotopic (exact) mass is 223 g/mol. The summed E-state index contributed by atoms with van der Waals surface area (Å²) in [6.45, 7) is 7.65. The van der Waals surface area contributed by atoms with Gasteiger partial charge in [0.2, 0.25) is 0 Å². The van der Waals surface area contributed by atoms with Gasteiger partial charge in [-0.3, -0.25) is 0 Å². The van der Waals surface area contributed by atoms with E-state index in [2.05, 4.69) is 0 Å². The van der Waals surface area contributed by atoms with E-state index in [1.54, 1.807) is 13.8 Å². The van der Waals surface area contributed by atoms with Crippen molar-refractivity contribution in [3.8, 4) is 5.75 Å². The predicted octanol–water partition coefficient (Wildman–Crippen LogP) is 2.16. The first-order chi connectivity index (χ1) is 7.29. The van der Waals surface area contributed by atoms with Crippen molar-refractivity contribution in [1.82, 2.24) is 0 Å².